The zero-order valence-electron chi connectivity index (χ0n) is 19.0. The van der Waals surface area contributed by atoms with Crippen molar-refractivity contribution in [2.45, 2.75) is 13.0 Å². The lowest BCUT2D eigenvalue weighted by molar-refractivity contribution is 0.113. The van der Waals surface area contributed by atoms with Crippen LogP contribution in [0.5, 0.6) is 11.5 Å². The number of fused-ring (bicyclic) bond motifs is 1. The Kier molecular flexibility index (Phi) is 6.58. The first-order valence-corrected chi connectivity index (χ1v) is 11.5. The van der Waals surface area contributed by atoms with Crippen molar-refractivity contribution in [2.24, 2.45) is 5.92 Å². The van der Waals surface area contributed by atoms with Crippen molar-refractivity contribution >= 4 is 39.7 Å². The third-order valence-electron chi connectivity index (χ3n) is 5.64. The fourth-order valence-electron chi connectivity index (χ4n) is 3.70. The maximum absolute atomic E-state index is 13.9. The lowest BCUT2D eigenvalue weighted by atomic mass is 10.1. The number of rotatable bonds is 7. The zero-order valence-corrected chi connectivity index (χ0v) is 19.8. The number of nitrogens with zero attached hydrogens (tertiary/aromatic N) is 2. The predicted octanol–water partition coefficient (Wildman–Crippen LogP) is 6.38. The SMILES string of the molecule is CC(O)C1C=C(Nc2ccc3ncnc(Nc4ccc(Oc5c(F)cccc5F)c(Cl)c4)c3c2)OC1. The summed E-state index contributed by atoms with van der Waals surface area (Å²) in [5.74, 6) is -1.05. The molecule has 0 saturated carbocycles. The molecule has 3 aromatic carbocycles. The van der Waals surface area contributed by atoms with E-state index in [4.69, 9.17) is 21.1 Å². The summed E-state index contributed by atoms with van der Waals surface area (Å²) < 4.78 is 38.9. The van der Waals surface area contributed by atoms with Crippen LogP contribution in [0.15, 0.2) is 72.9 Å². The zero-order chi connectivity index (χ0) is 25.2. The van der Waals surface area contributed by atoms with Crippen molar-refractivity contribution in [3.8, 4) is 11.5 Å². The average molecular weight is 511 g/mol. The van der Waals surface area contributed by atoms with Crippen LogP contribution in [0.2, 0.25) is 5.02 Å². The van der Waals surface area contributed by atoms with Crippen LogP contribution in [0, 0.1) is 17.6 Å². The topological polar surface area (TPSA) is 88.5 Å². The first kappa shape index (κ1) is 23.8. The Hall–Kier alpha value is -3.95. The van der Waals surface area contributed by atoms with Crippen LogP contribution in [-0.2, 0) is 4.74 Å². The van der Waals surface area contributed by atoms with Gasteiger partial charge in [0.05, 0.1) is 23.3 Å². The second-order valence-electron chi connectivity index (χ2n) is 8.25. The highest BCUT2D eigenvalue weighted by Gasteiger charge is 2.21. The molecule has 0 bridgehead atoms. The summed E-state index contributed by atoms with van der Waals surface area (Å²) in [7, 11) is 0. The Morgan fingerprint density at radius 3 is 2.53 bits per heavy atom. The van der Waals surface area contributed by atoms with Crippen molar-refractivity contribution in [3.63, 3.8) is 0 Å². The Labute approximate surface area is 210 Å². The number of benzene rings is 3. The number of halogens is 3. The van der Waals surface area contributed by atoms with E-state index in [9.17, 15) is 13.9 Å². The molecule has 3 N–H and O–H groups in total. The Bertz CT molecular complexity index is 1440. The highest BCUT2D eigenvalue weighted by atomic mass is 35.5. The van der Waals surface area contributed by atoms with E-state index >= 15 is 0 Å². The summed E-state index contributed by atoms with van der Waals surface area (Å²) in [6, 6.07) is 13.8. The first-order chi connectivity index (χ1) is 17.4. The van der Waals surface area contributed by atoms with Gasteiger partial charge in [0, 0.05) is 22.7 Å². The molecule has 0 saturated heterocycles. The standard InChI is InChI=1S/C26H21ClF2N4O3/c1-14(34)15-9-24(35-12-15)32-16-5-7-22-18(10-16)26(31-13-30-22)33-17-6-8-23(19(27)11-17)36-25-20(28)3-2-4-21(25)29/h2-11,13-15,32,34H,12H2,1H3,(H,30,31,33). The van der Waals surface area contributed by atoms with Crippen molar-refractivity contribution in [3.05, 3.63) is 89.5 Å². The molecule has 0 aliphatic carbocycles. The molecule has 1 aromatic heterocycles. The molecule has 36 heavy (non-hydrogen) atoms. The number of hydrogen-bond acceptors (Lipinski definition) is 7. The van der Waals surface area contributed by atoms with E-state index in [1.165, 1.54) is 18.5 Å². The van der Waals surface area contributed by atoms with E-state index in [0.29, 0.717) is 29.5 Å². The van der Waals surface area contributed by atoms with Gasteiger partial charge >= 0.3 is 0 Å². The molecule has 10 heteroatoms. The molecule has 1 aliphatic rings. The molecule has 0 radical (unpaired) electrons. The van der Waals surface area contributed by atoms with Gasteiger partial charge in [0.1, 0.15) is 17.9 Å². The average Bonchev–Trinajstić information content (AvgIpc) is 3.32. The maximum atomic E-state index is 13.9. The van der Waals surface area contributed by atoms with Gasteiger partial charge in [0.2, 0.25) is 0 Å². The summed E-state index contributed by atoms with van der Waals surface area (Å²) in [4.78, 5) is 8.66. The molecular formula is C26H21ClF2N4O3. The van der Waals surface area contributed by atoms with E-state index < -0.39 is 23.5 Å². The molecule has 2 atom stereocenters. The van der Waals surface area contributed by atoms with Crippen LogP contribution in [-0.4, -0.2) is 27.8 Å². The first-order valence-electron chi connectivity index (χ1n) is 11.1. The van der Waals surface area contributed by atoms with Gasteiger partial charge in [0.25, 0.3) is 0 Å². The van der Waals surface area contributed by atoms with Gasteiger partial charge < -0.3 is 25.2 Å². The minimum Gasteiger partial charge on any atom is -0.478 e. The maximum Gasteiger partial charge on any atom is 0.198 e. The van der Waals surface area contributed by atoms with Crippen LogP contribution in [0.1, 0.15) is 6.92 Å². The summed E-state index contributed by atoms with van der Waals surface area (Å²) in [5.41, 5.74) is 2.05. The fraction of sp³-hybridized carbons (Fsp3) is 0.154. The van der Waals surface area contributed by atoms with E-state index in [2.05, 4.69) is 20.6 Å². The molecule has 0 fully saturated rings. The molecule has 1 aliphatic heterocycles. The van der Waals surface area contributed by atoms with E-state index in [0.717, 1.165) is 23.2 Å². The number of anilines is 3. The van der Waals surface area contributed by atoms with Gasteiger partial charge in [-0.15, -0.1) is 0 Å². The number of ether oxygens (including phenoxy) is 2. The molecule has 2 unspecified atom stereocenters. The molecule has 7 nitrogen and oxygen atoms in total. The second-order valence-corrected chi connectivity index (χ2v) is 8.66. The number of para-hydroxylation sites is 1. The molecule has 2 heterocycles. The predicted molar refractivity (Wildman–Crippen MR) is 134 cm³/mol. The smallest absolute Gasteiger partial charge is 0.198 e. The quantitative estimate of drug-likeness (QED) is 0.266. The summed E-state index contributed by atoms with van der Waals surface area (Å²) in [6.45, 7) is 2.13. The third-order valence-corrected chi connectivity index (χ3v) is 5.94. The van der Waals surface area contributed by atoms with Crippen molar-refractivity contribution < 1.29 is 23.4 Å². The van der Waals surface area contributed by atoms with Crippen LogP contribution in [0.25, 0.3) is 10.9 Å². The fourth-order valence-corrected chi connectivity index (χ4v) is 3.92. The van der Waals surface area contributed by atoms with Gasteiger partial charge in [-0.25, -0.2) is 18.7 Å². The minimum absolute atomic E-state index is 0.0694. The van der Waals surface area contributed by atoms with Gasteiger partial charge in [-0.1, -0.05) is 17.7 Å². The second kappa shape index (κ2) is 9.96. The third kappa shape index (κ3) is 5.02. The lowest BCUT2D eigenvalue weighted by Crippen LogP contribution is -2.15. The number of hydrogen-bond donors (Lipinski definition) is 3. The van der Waals surface area contributed by atoms with Crippen molar-refractivity contribution in [2.75, 3.05) is 17.2 Å². The van der Waals surface area contributed by atoms with Crippen LogP contribution < -0.4 is 15.4 Å². The summed E-state index contributed by atoms with van der Waals surface area (Å²) in [6.07, 6.45) is 2.79. The Morgan fingerprint density at radius 1 is 1.06 bits per heavy atom. The molecule has 4 aromatic rings. The van der Waals surface area contributed by atoms with E-state index in [-0.39, 0.29) is 16.7 Å². The van der Waals surface area contributed by atoms with E-state index in [1.54, 1.807) is 19.1 Å². The summed E-state index contributed by atoms with van der Waals surface area (Å²) in [5, 5.41) is 17.1. The minimum atomic E-state index is -0.828. The van der Waals surface area contributed by atoms with Gasteiger partial charge in [0.15, 0.2) is 23.3 Å². The lowest BCUT2D eigenvalue weighted by Gasteiger charge is -2.13. The van der Waals surface area contributed by atoms with Crippen LogP contribution >= 0.6 is 11.6 Å². The molecule has 0 amide bonds. The van der Waals surface area contributed by atoms with Gasteiger partial charge in [-0.3, -0.25) is 0 Å². The van der Waals surface area contributed by atoms with Gasteiger partial charge in [-0.2, -0.15) is 0 Å². The van der Waals surface area contributed by atoms with Crippen molar-refractivity contribution in [1.29, 1.82) is 0 Å². The summed E-state index contributed by atoms with van der Waals surface area (Å²) >= 11 is 6.33. The molecule has 0 spiro atoms. The Morgan fingerprint density at radius 2 is 1.81 bits per heavy atom. The number of aliphatic hydroxyl groups excluding tert-OH is 1. The number of aliphatic hydroxyl groups is 1. The van der Waals surface area contributed by atoms with Crippen molar-refractivity contribution in [1.82, 2.24) is 9.97 Å². The van der Waals surface area contributed by atoms with E-state index in [1.807, 2.05) is 24.3 Å². The number of aromatic nitrogens is 2. The highest BCUT2D eigenvalue weighted by Crippen LogP contribution is 2.35. The van der Waals surface area contributed by atoms with Crippen LogP contribution in [0.3, 0.4) is 0 Å². The normalized spacial score (nSPS) is 15.8. The highest BCUT2D eigenvalue weighted by molar-refractivity contribution is 6.32. The largest absolute Gasteiger partial charge is 0.478 e. The molecular weight excluding hydrogens is 490 g/mol. The molecule has 184 valence electrons. The van der Waals surface area contributed by atoms with Gasteiger partial charge in [-0.05, 0) is 61.5 Å². The number of nitrogens with one attached hydrogen (secondary N) is 2. The Balaban J connectivity index is 1.38. The monoisotopic (exact) mass is 510 g/mol. The van der Waals surface area contributed by atoms with Crippen LogP contribution in [0.4, 0.5) is 26.0 Å². The molecule has 5 rings (SSSR count).